The van der Waals surface area contributed by atoms with Crippen molar-refractivity contribution in [3.8, 4) is 6.07 Å². The zero-order valence-electron chi connectivity index (χ0n) is 11.2. The van der Waals surface area contributed by atoms with Crippen LogP contribution in [0.5, 0.6) is 0 Å². The third kappa shape index (κ3) is 3.70. The monoisotopic (exact) mass is 278 g/mol. The summed E-state index contributed by atoms with van der Waals surface area (Å²) in [5.74, 6) is 0. The number of halogens is 1. The van der Waals surface area contributed by atoms with Crippen molar-refractivity contribution in [1.82, 2.24) is 4.90 Å². The molecule has 1 aromatic rings. The van der Waals surface area contributed by atoms with E-state index >= 15 is 0 Å². The number of hydrogen-bond acceptors (Lipinski definition) is 3. The maximum atomic E-state index is 10.4. The quantitative estimate of drug-likeness (QED) is 0.921. The average molecular weight is 279 g/mol. The Morgan fingerprint density at radius 3 is 2.68 bits per heavy atom. The van der Waals surface area contributed by atoms with E-state index in [1.165, 1.54) is 0 Å². The van der Waals surface area contributed by atoms with Gasteiger partial charge in [-0.15, -0.1) is 0 Å². The van der Waals surface area contributed by atoms with Crippen LogP contribution in [-0.2, 0) is 6.54 Å². The van der Waals surface area contributed by atoms with Crippen molar-refractivity contribution in [3.05, 3.63) is 34.3 Å². The second-order valence-electron chi connectivity index (χ2n) is 5.52. The lowest BCUT2D eigenvalue weighted by molar-refractivity contribution is 0.0145. The van der Waals surface area contributed by atoms with Crippen LogP contribution in [0.3, 0.4) is 0 Å². The van der Waals surface area contributed by atoms with Crippen LogP contribution in [-0.4, -0.2) is 29.2 Å². The molecule has 102 valence electrons. The largest absolute Gasteiger partial charge is 0.389 e. The summed E-state index contributed by atoms with van der Waals surface area (Å²) in [6, 6.07) is 7.43. The minimum absolute atomic E-state index is 0.534. The highest BCUT2D eigenvalue weighted by molar-refractivity contribution is 6.31. The van der Waals surface area contributed by atoms with Gasteiger partial charge in [-0.1, -0.05) is 30.5 Å². The van der Waals surface area contributed by atoms with E-state index in [1.807, 2.05) is 13.1 Å². The Morgan fingerprint density at radius 1 is 1.42 bits per heavy atom. The number of hydrogen-bond donors (Lipinski definition) is 1. The predicted molar refractivity (Wildman–Crippen MR) is 75.9 cm³/mol. The maximum absolute atomic E-state index is 10.4. The lowest BCUT2D eigenvalue weighted by atomic mass is 10.0. The Kier molecular flexibility index (Phi) is 4.46. The molecule has 4 heteroatoms. The molecule has 1 aliphatic carbocycles. The number of aliphatic hydroxyl groups is 1. The van der Waals surface area contributed by atoms with Crippen molar-refractivity contribution in [2.75, 3.05) is 13.6 Å². The summed E-state index contributed by atoms with van der Waals surface area (Å²) in [5, 5.41) is 19.8. The summed E-state index contributed by atoms with van der Waals surface area (Å²) < 4.78 is 0. The van der Waals surface area contributed by atoms with Gasteiger partial charge in [0.1, 0.15) is 0 Å². The van der Waals surface area contributed by atoms with E-state index in [0.29, 0.717) is 23.7 Å². The summed E-state index contributed by atoms with van der Waals surface area (Å²) in [7, 11) is 1.99. The molecule has 0 radical (unpaired) electrons. The van der Waals surface area contributed by atoms with E-state index in [1.54, 1.807) is 12.1 Å². The van der Waals surface area contributed by atoms with Gasteiger partial charge in [0.25, 0.3) is 0 Å². The third-order valence-electron chi connectivity index (χ3n) is 3.72. The molecule has 0 heterocycles. The van der Waals surface area contributed by atoms with Gasteiger partial charge in [0.2, 0.25) is 0 Å². The van der Waals surface area contributed by atoms with Crippen molar-refractivity contribution in [3.63, 3.8) is 0 Å². The van der Waals surface area contributed by atoms with Crippen LogP contribution in [0.2, 0.25) is 5.02 Å². The van der Waals surface area contributed by atoms with Gasteiger partial charge in [-0.25, -0.2) is 0 Å². The minimum Gasteiger partial charge on any atom is -0.389 e. The zero-order chi connectivity index (χ0) is 13.9. The van der Waals surface area contributed by atoms with Crippen LogP contribution >= 0.6 is 11.6 Å². The van der Waals surface area contributed by atoms with E-state index in [2.05, 4.69) is 11.0 Å². The Labute approximate surface area is 119 Å². The first-order valence-electron chi connectivity index (χ1n) is 6.62. The molecular weight excluding hydrogens is 260 g/mol. The molecule has 1 aromatic carbocycles. The molecule has 0 atom stereocenters. The molecule has 1 aliphatic rings. The second kappa shape index (κ2) is 5.92. The van der Waals surface area contributed by atoms with E-state index in [4.69, 9.17) is 16.9 Å². The third-order valence-corrected chi connectivity index (χ3v) is 4.07. The first-order chi connectivity index (χ1) is 9.02. The predicted octanol–water partition coefficient (Wildman–Crippen LogP) is 2.95. The van der Waals surface area contributed by atoms with Crippen LogP contribution in [0, 0.1) is 11.3 Å². The zero-order valence-corrected chi connectivity index (χ0v) is 12.0. The van der Waals surface area contributed by atoms with E-state index < -0.39 is 5.60 Å². The smallest absolute Gasteiger partial charge is 0.0992 e. The summed E-state index contributed by atoms with van der Waals surface area (Å²) >= 11 is 6.16. The molecule has 0 saturated heterocycles. The molecule has 1 fully saturated rings. The van der Waals surface area contributed by atoms with Crippen LogP contribution in [0.4, 0.5) is 0 Å². The Balaban J connectivity index is 1.99. The molecule has 0 spiro atoms. The Morgan fingerprint density at radius 2 is 2.11 bits per heavy atom. The molecule has 0 aromatic heterocycles. The number of nitrogens with zero attached hydrogens (tertiary/aromatic N) is 2. The van der Waals surface area contributed by atoms with Gasteiger partial charge in [-0.3, -0.25) is 4.90 Å². The molecule has 0 bridgehead atoms. The fourth-order valence-electron chi connectivity index (χ4n) is 2.79. The Bertz CT molecular complexity index is 489. The van der Waals surface area contributed by atoms with E-state index in [9.17, 15) is 5.11 Å². The molecule has 19 heavy (non-hydrogen) atoms. The van der Waals surface area contributed by atoms with Gasteiger partial charge in [-0.2, -0.15) is 5.26 Å². The van der Waals surface area contributed by atoms with Gasteiger partial charge >= 0.3 is 0 Å². The molecule has 1 saturated carbocycles. The number of likely N-dealkylation sites (N-methyl/N-ethyl adjacent to an activating group) is 1. The minimum atomic E-state index is -0.534. The molecule has 0 aliphatic heterocycles. The summed E-state index contributed by atoms with van der Waals surface area (Å²) in [6.07, 6.45) is 4.00. The fourth-order valence-corrected chi connectivity index (χ4v) is 3.03. The van der Waals surface area contributed by atoms with Crippen molar-refractivity contribution in [2.45, 2.75) is 37.8 Å². The molecule has 1 N–H and O–H groups in total. The molecule has 0 unspecified atom stereocenters. The van der Waals surface area contributed by atoms with Crippen LogP contribution in [0.1, 0.15) is 36.8 Å². The van der Waals surface area contributed by atoms with Crippen molar-refractivity contribution in [1.29, 1.82) is 5.26 Å². The van der Waals surface area contributed by atoms with Gasteiger partial charge in [0.05, 0.1) is 17.2 Å². The van der Waals surface area contributed by atoms with Gasteiger partial charge in [0, 0.05) is 18.1 Å². The van der Waals surface area contributed by atoms with Crippen molar-refractivity contribution < 1.29 is 5.11 Å². The Hall–Kier alpha value is -1.08. The molecule has 0 amide bonds. The number of nitriles is 1. The highest BCUT2D eigenvalue weighted by Gasteiger charge is 2.32. The second-order valence-corrected chi connectivity index (χ2v) is 5.93. The van der Waals surface area contributed by atoms with E-state index in [0.717, 1.165) is 31.2 Å². The lowest BCUT2D eigenvalue weighted by Crippen LogP contribution is -2.38. The van der Waals surface area contributed by atoms with Crippen LogP contribution < -0.4 is 0 Å². The topological polar surface area (TPSA) is 47.3 Å². The first kappa shape index (κ1) is 14.3. The molecule has 2 rings (SSSR count). The summed E-state index contributed by atoms with van der Waals surface area (Å²) in [4.78, 5) is 2.10. The van der Waals surface area contributed by atoms with Gasteiger partial charge in [-0.05, 0) is 37.6 Å². The average Bonchev–Trinajstić information content (AvgIpc) is 2.78. The highest BCUT2D eigenvalue weighted by atomic mass is 35.5. The first-order valence-corrected chi connectivity index (χ1v) is 7.00. The van der Waals surface area contributed by atoms with Crippen LogP contribution in [0.15, 0.2) is 18.2 Å². The van der Waals surface area contributed by atoms with Crippen molar-refractivity contribution >= 4 is 11.6 Å². The van der Waals surface area contributed by atoms with Gasteiger partial charge < -0.3 is 5.11 Å². The standard InChI is InChI=1S/C15H19ClN2O/c1-18(11-15(19)6-2-3-7-15)10-13-5-4-12(9-17)8-14(13)16/h4-5,8,19H,2-3,6-7,10-11H2,1H3. The number of rotatable bonds is 4. The molecular formula is C15H19ClN2O. The van der Waals surface area contributed by atoms with E-state index in [-0.39, 0.29) is 0 Å². The highest BCUT2D eigenvalue weighted by Crippen LogP contribution is 2.30. The summed E-state index contributed by atoms with van der Waals surface area (Å²) in [5.41, 5.74) is 1.03. The summed E-state index contributed by atoms with van der Waals surface area (Å²) in [6.45, 7) is 1.36. The van der Waals surface area contributed by atoms with Crippen LogP contribution in [0.25, 0.3) is 0 Å². The molecule has 3 nitrogen and oxygen atoms in total. The fraction of sp³-hybridized carbons (Fsp3) is 0.533. The maximum Gasteiger partial charge on any atom is 0.0992 e. The van der Waals surface area contributed by atoms with Crippen molar-refractivity contribution in [2.24, 2.45) is 0 Å². The number of benzene rings is 1. The van der Waals surface area contributed by atoms with Gasteiger partial charge in [0.15, 0.2) is 0 Å². The normalized spacial score (nSPS) is 17.6. The lowest BCUT2D eigenvalue weighted by Gasteiger charge is -2.28. The SMILES string of the molecule is CN(Cc1ccc(C#N)cc1Cl)CC1(O)CCCC1.